The van der Waals surface area contributed by atoms with Gasteiger partial charge in [-0.2, -0.15) is 0 Å². The Kier molecular flexibility index (Phi) is 4.73. The molecule has 2 N–H and O–H groups in total. The zero-order valence-corrected chi connectivity index (χ0v) is 18.3. The van der Waals surface area contributed by atoms with Crippen molar-refractivity contribution in [3.63, 3.8) is 0 Å². The van der Waals surface area contributed by atoms with Crippen molar-refractivity contribution in [3.8, 4) is 0 Å². The van der Waals surface area contributed by atoms with Crippen LogP contribution in [-0.2, 0) is 11.2 Å². The van der Waals surface area contributed by atoms with E-state index in [-0.39, 0.29) is 18.2 Å². The van der Waals surface area contributed by atoms with E-state index in [1.165, 1.54) is 29.7 Å². The SMILES string of the molecule is CC1CN(C2CCc3ccccc3C2Nc2ncnc3[nH]c(C4CC4)cc23)CC(C)O1. The van der Waals surface area contributed by atoms with Crippen LogP contribution >= 0.6 is 0 Å². The second kappa shape index (κ2) is 7.61. The number of ether oxygens (including phenoxy) is 1. The van der Waals surface area contributed by atoms with E-state index in [0.717, 1.165) is 42.8 Å². The first-order valence-electron chi connectivity index (χ1n) is 11.7. The first kappa shape index (κ1) is 19.3. The minimum atomic E-state index is 0.194. The lowest BCUT2D eigenvalue weighted by atomic mass is 9.82. The Morgan fingerprint density at radius 3 is 2.68 bits per heavy atom. The number of morpholine rings is 1. The minimum Gasteiger partial charge on any atom is -0.373 e. The molecule has 3 heterocycles. The number of aromatic nitrogens is 3. The second-order valence-electron chi connectivity index (χ2n) is 9.62. The quantitative estimate of drug-likeness (QED) is 0.658. The summed E-state index contributed by atoms with van der Waals surface area (Å²) in [5.41, 5.74) is 5.09. The zero-order chi connectivity index (χ0) is 20.9. The van der Waals surface area contributed by atoms with Crippen LogP contribution in [0.5, 0.6) is 0 Å². The predicted molar refractivity (Wildman–Crippen MR) is 122 cm³/mol. The van der Waals surface area contributed by atoms with Gasteiger partial charge in [0.05, 0.1) is 23.6 Å². The Hall–Kier alpha value is -2.44. The molecule has 0 bridgehead atoms. The average Bonchev–Trinajstić information content (AvgIpc) is 3.52. The van der Waals surface area contributed by atoms with Crippen LogP contribution in [0.2, 0.25) is 0 Å². The fourth-order valence-corrected chi connectivity index (χ4v) is 5.64. The van der Waals surface area contributed by atoms with Gasteiger partial charge in [0.15, 0.2) is 0 Å². The number of anilines is 1. The second-order valence-corrected chi connectivity index (χ2v) is 9.62. The van der Waals surface area contributed by atoms with E-state index < -0.39 is 0 Å². The van der Waals surface area contributed by atoms with E-state index in [1.54, 1.807) is 6.33 Å². The zero-order valence-electron chi connectivity index (χ0n) is 18.3. The van der Waals surface area contributed by atoms with Gasteiger partial charge in [0, 0.05) is 24.8 Å². The van der Waals surface area contributed by atoms with Crippen LogP contribution in [0.3, 0.4) is 0 Å². The number of rotatable bonds is 4. The third-order valence-corrected chi connectivity index (χ3v) is 7.16. The molecule has 6 heteroatoms. The molecule has 1 aliphatic heterocycles. The van der Waals surface area contributed by atoms with Gasteiger partial charge in [0.1, 0.15) is 17.8 Å². The fraction of sp³-hybridized carbons (Fsp3) is 0.520. The van der Waals surface area contributed by atoms with Crippen LogP contribution in [0.4, 0.5) is 5.82 Å². The molecule has 0 spiro atoms. The molecule has 6 nitrogen and oxygen atoms in total. The maximum Gasteiger partial charge on any atom is 0.143 e. The van der Waals surface area contributed by atoms with E-state index in [4.69, 9.17) is 9.72 Å². The maximum absolute atomic E-state index is 6.03. The summed E-state index contributed by atoms with van der Waals surface area (Å²) in [6, 6.07) is 11.8. The molecule has 2 aromatic heterocycles. The van der Waals surface area contributed by atoms with Crippen LogP contribution < -0.4 is 5.32 Å². The topological polar surface area (TPSA) is 66.1 Å². The first-order valence-corrected chi connectivity index (χ1v) is 11.7. The highest BCUT2D eigenvalue weighted by atomic mass is 16.5. The largest absolute Gasteiger partial charge is 0.373 e. The third kappa shape index (κ3) is 3.62. The number of fused-ring (bicyclic) bond motifs is 2. The molecule has 1 saturated carbocycles. The van der Waals surface area contributed by atoms with Gasteiger partial charge >= 0.3 is 0 Å². The molecule has 31 heavy (non-hydrogen) atoms. The molecule has 4 atom stereocenters. The van der Waals surface area contributed by atoms with Gasteiger partial charge in [0.25, 0.3) is 0 Å². The third-order valence-electron chi connectivity index (χ3n) is 7.16. The first-order chi connectivity index (χ1) is 15.2. The van der Waals surface area contributed by atoms with Crippen molar-refractivity contribution in [1.82, 2.24) is 19.9 Å². The molecule has 2 fully saturated rings. The minimum absolute atomic E-state index is 0.194. The molecule has 4 unspecified atom stereocenters. The monoisotopic (exact) mass is 417 g/mol. The van der Waals surface area contributed by atoms with Gasteiger partial charge in [-0.3, -0.25) is 4.90 Å². The Bertz CT molecular complexity index is 1080. The fourth-order valence-electron chi connectivity index (χ4n) is 5.64. The lowest BCUT2D eigenvalue weighted by Gasteiger charge is -2.45. The summed E-state index contributed by atoms with van der Waals surface area (Å²) >= 11 is 0. The molecular formula is C25H31N5O. The van der Waals surface area contributed by atoms with Gasteiger partial charge in [-0.25, -0.2) is 9.97 Å². The highest BCUT2D eigenvalue weighted by molar-refractivity contribution is 5.88. The van der Waals surface area contributed by atoms with E-state index in [9.17, 15) is 0 Å². The summed E-state index contributed by atoms with van der Waals surface area (Å²) in [6.45, 7) is 6.33. The highest BCUT2D eigenvalue weighted by Crippen LogP contribution is 2.42. The van der Waals surface area contributed by atoms with Crippen LogP contribution in [0.1, 0.15) is 61.9 Å². The number of H-pyrrole nitrogens is 1. The number of aromatic amines is 1. The molecule has 0 radical (unpaired) electrons. The summed E-state index contributed by atoms with van der Waals surface area (Å²) in [4.78, 5) is 15.4. The van der Waals surface area contributed by atoms with Crippen LogP contribution in [0.15, 0.2) is 36.7 Å². The number of nitrogens with one attached hydrogen (secondary N) is 2. The molecule has 1 saturated heterocycles. The van der Waals surface area contributed by atoms with Crippen LogP contribution in [0, 0.1) is 0 Å². The van der Waals surface area contributed by atoms with Crippen molar-refractivity contribution >= 4 is 16.9 Å². The molecule has 2 aliphatic carbocycles. The number of hydrogen-bond acceptors (Lipinski definition) is 5. The summed E-state index contributed by atoms with van der Waals surface area (Å²) < 4.78 is 6.03. The molecule has 6 rings (SSSR count). The molecule has 1 aromatic carbocycles. The Labute approximate surface area is 183 Å². The van der Waals surface area contributed by atoms with Gasteiger partial charge in [-0.1, -0.05) is 24.3 Å². The summed E-state index contributed by atoms with van der Waals surface area (Å²) in [5, 5.41) is 4.98. The molecule has 0 amide bonds. The molecular weight excluding hydrogens is 386 g/mol. The lowest BCUT2D eigenvalue weighted by Crippen LogP contribution is -2.54. The number of benzene rings is 1. The normalized spacial score (nSPS) is 29.1. The van der Waals surface area contributed by atoms with Gasteiger partial charge < -0.3 is 15.0 Å². The van der Waals surface area contributed by atoms with E-state index in [2.05, 4.69) is 64.4 Å². The van der Waals surface area contributed by atoms with Crippen molar-refractivity contribution in [2.45, 2.75) is 69.7 Å². The van der Waals surface area contributed by atoms with E-state index in [1.807, 2.05) is 0 Å². The predicted octanol–water partition coefficient (Wildman–Crippen LogP) is 4.41. The Balaban J connectivity index is 1.38. The van der Waals surface area contributed by atoms with E-state index >= 15 is 0 Å². The van der Waals surface area contributed by atoms with Gasteiger partial charge in [0.2, 0.25) is 0 Å². The Morgan fingerprint density at radius 1 is 1.06 bits per heavy atom. The Morgan fingerprint density at radius 2 is 1.87 bits per heavy atom. The van der Waals surface area contributed by atoms with Crippen LogP contribution in [-0.4, -0.2) is 51.2 Å². The summed E-state index contributed by atoms with van der Waals surface area (Å²) in [7, 11) is 0. The van der Waals surface area contributed by atoms with Crippen molar-refractivity contribution in [1.29, 1.82) is 0 Å². The van der Waals surface area contributed by atoms with Gasteiger partial charge in [-0.05, 0) is 62.6 Å². The van der Waals surface area contributed by atoms with Crippen molar-refractivity contribution in [3.05, 3.63) is 53.5 Å². The van der Waals surface area contributed by atoms with E-state index in [0.29, 0.717) is 12.0 Å². The highest BCUT2D eigenvalue weighted by Gasteiger charge is 2.37. The molecule has 3 aliphatic rings. The smallest absolute Gasteiger partial charge is 0.143 e. The number of nitrogens with zero attached hydrogens (tertiary/aromatic N) is 3. The number of hydrogen-bond donors (Lipinski definition) is 2. The lowest BCUT2D eigenvalue weighted by molar-refractivity contribution is -0.0840. The standard InChI is InChI=1S/C25H31N5O/c1-15-12-30(13-16(2)31-15)22-10-9-17-5-3-4-6-19(17)23(22)29-25-20-11-21(18-7-8-18)28-24(20)26-14-27-25/h3-6,11,14-16,18,22-23H,7-10,12-13H2,1-2H3,(H2,26,27,28,29). The van der Waals surface area contributed by atoms with Crippen LogP contribution in [0.25, 0.3) is 11.0 Å². The maximum atomic E-state index is 6.03. The average molecular weight is 418 g/mol. The number of aryl methyl sites for hydroxylation is 1. The molecule has 3 aromatic rings. The molecule has 162 valence electrons. The summed E-state index contributed by atoms with van der Waals surface area (Å²) in [5.74, 6) is 1.61. The summed E-state index contributed by atoms with van der Waals surface area (Å²) in [6.07, 6.45) is 7.01. The van der Waals surface area contributed by atoms with Crippen molar-refractivity contribution in [2.24, 2.45) is 0 Å². The van der Waals surface area contributed by atoms with Crippen molar-refractivity contribution < 1.29 is 4.74 Å². The van der Waals surface area contributed by atoms with Gasteiger partial charge in [-0.15, -0.1) is 0 Å². The van der Waals surface area contributed by atoms with Crippen molar-refractivity contribution in [2.75, 3.05) is 18.4 Å².